The zero-order chi connectivity index (χ0) is 26.6. The number of aromatic nitrogens is 3. The molecule has 190 valence electrons. The summed E-state index contributed by atoms with van der Waals surface area (Å²) in [6.45, 7) is 2.29. The van der Waals surface area contributed by atoms with Crippen molar-refractivity contribution >= 4 is 11.7 Å². The van der Waals surface area contributed by atoms with Crippen LogP contribution in [0.4, 0.5) is 18.0 Å². The summed E-state index contributed by atoms with van der Waals surface area (Å²) in [6, 6.07) is 11.9. The molecule has 0 saturated heterocycles. The normalized spacial score (nSPS) is 12.1. The van der Waals surface area contributed by atoms with Crippen LogP contribution in [0.3, 0.4) is 0 Å². The van der Waals surface area contributed by atoms with E-state index in [9.17, 15) is 23.2 Å². The van der Waals surface area contributed by atoms with Gasteiger partial charge in [-0.1, -0.05) is 30.3 Å². The number of benzene rings is 2. The van der Waals surface area contributed by atoms with E-state index in [2.05, 4.69) is 15.3 Å². The molecule has 4 aromatic rings. The van der Waals surface area contributed by atoms with Gasteiger partial charge in [0, 0.05) is 37.2 Å². The summed E-state index contributed by atoms with van der Waals surface area (Å²) in [5.74, 6) is 0.375. The summed E-state index contributed by atoms with van der Waals surface area (Å²) in [5.41, 5.74) is 1.99. The van der Waals surface area contributed by atoms with E-state index in [-0.39, 0.29) is 12.1 Å². The maximum atomic E-state index is 13.1. The number of rotatable bonds is 7. The topological polar surface area (TPSA) is 95.5 Å². The minimum Gasteiger partial charge on any atom is -0.478 e. The Kier molecular flexibility index (Phi) is 7.29. The summed E-state index contributed by atoms with van der Waals surface area (Å²) in [5, 5.41) is 12.1. The third kappa shape index (κ3) is 5.64. The number of urea groups is 1. The van der Waals surface area contributed by atoms with E-state index >= 15 is 0 Å². The maximum Gasteiger partial charge on any atom is 0.416 e. The number of nitriles is 1. The highest BCUT2D eigenvalue weighted by Crippen LogP contribution is 2.31. The highest BCUT2D eigenvalue weighted by molar-refractivity contribution is 5.75. The van der Waals surface area contributed by atoms with Gasteiger partial charge in [0.2, 0.25) is 0 Å². The second-order valence-electron chi connectivity index (χ2n) is 8.14. The molecular weight excluding hydrogens is 485 g/mol. The van der Waals surface area contributed by atoms with Crippen LogP contribution in [0.2, 0.25) is 0 Å². The minimum absolute atomic E-state index is 0.0543. The lowest BCUT2D eigenvalue weighted by Crippen LogP contribution is -2.41. The van der Waals surface area contributed by atoms with Crippen LogP contribution in [-0.4, -0.2) is 39.0 Å². The molecule has 0 spiro atoms. The Balaban J connectivity index is 1.52. The van der Waals surface area contributed by atoms with E-state index in [4.69, 9.17) is 4.74 Å². The number of methoxy groups -OCH3 is 1. The molecule has 2 heterocycles. The molecule has 1 atom stereocenters. The van der Waals surface area contributed by atoms with Crippen molar-refractivity contribution in [1.82, 2.24) is 24.6 Å². The fourth-order valence-electron chi connectivity index (χ4n) is 3.85. The van der Waals surface area contributed by atoms with Crippen molar-refractivity contribution in [3.05, 3.63) is 83.8 Å². The molecule has 0 aliphatic heterocycles. The molecule has 1 unspecified atom stereocenters. The lowest BCUT2D eigenvalue weighted by Gasteiger charge is -2.24. The van der Waals surface area contributed by atoms with Gasteiger partial charge in [0.05, 0.1) is 24.4 Å². The third-order valence-electron chi connectivity index (χ3n) is 5.75. The molecule has 0 radical (unpaired) electrons. The number of nitrogens with one attached hydrogen (secondary N) is 1. The van der Waals surface area contributed by atoms with E-state index < -0.39 is 23.8 Å². The standard InChI is InChI=1S/C26H23F3N6O2/c1-3-34(25(36)33-21(14-30)19-8-5-9-20(13-19)26(27,28)29)15-17-6-4-7-18(12-17)22-16-35-11-10-31-23(35)24(32-22)37-2/h4-13,16,21H,3,15H2,1-2H3,(H,33,36). The number of hydrogen-bond donors (Lipinski definition) is 1. The fourth-order valence-corrected chi connectivity index (χ4v) is 3.85. The Labute approximate surface area is 210 Å². The van der Waals surface area contributed by atoms with Gasteiger partial charge >= 0.3 is 12.2 Å². The molecular formula is C26H23F3N6O2. The monoisotopic (exact) mass is 508 g/mol. The predicted molar refractivity (Wildman–Crippen MR) is 129 cm³/mol. The number of nitrogens with zero attached hydrogens (tertiary/aromatic N) is 5. The molecule has 0 aliphatic rings. The second-order valence-corrected chi connectivity index (χ2v) is 8.14. The van der Waals surface area contributed by atoms with Gasteiger partial charge in [0.15, 0.2) is 5.65 Å². The Morgan fingerprint density at radius 2 is 2.03 bits per heavy atom. The van der Waals surface area contributed by atoms with Crippen LogP contribution < -0.4 is 10.1 Å². The Morgan fingerprint density at radius 1 is 1.24 bits per heavy atom. The smallest absolute Gasteiger partial charge is 0.416 e. The number of ether oxygens (including phenoxy) is 1. The number of carbonyl (C=O) groups excluding carboxylic acids is 1. The molecule has 0 bridgehead atoms. The fraction of sp³-hybridized carbons (Fsp3) is 0.231. The summed E-state index contributed by atoms with van der Waals surface area (Å²) in [6.07, 6.45) is 0.694. The van der Waals surface area contributed by atoms with Crippen molar-refractivity contribution in [2.24, 2.45) is 0 Å². The number of amides is 2. The van der Waals surface area contributed by atoms with Gasteiger partial charge in [-0.2, -0.15) is 18.4 Å². The number of hydrogen-bond acceptors (Lipinski definition) is 5. The molecule has 37 heavy (non-hydrogen) atoms. The number of carbonyl (C=O) groups is 1. The molecule has 0 saturated carbocycles. The zero-order valence-electron chi connectivity index (χ0n) is 20.0. The van der Waals surface area contributed by atoms with Crippen LogP contribution in [0.25, 0.3) is 16.9 Å². The highest BCUT2D eigenvalue weighted by atomic mass is 19.4. The van der Waals surface area contributed by atoms with Crippen molar-refractivity contribution in [3.8, 4) is 23.2 Å². The Hall–Kier alpha value is -4.59. The first kappa shape index (κ1) is 25.5. The van der Waals surface area contributed by atoms with Crippen molar-refractivity contribution in [2.45, 2.75) is 25.7 Å². The number of alkyl halides is 3. The maximum absolute atomic E-state index is 13.1. The predicted octanol–water partition coefficient (Wildman–Crippen LogP) is 5.22. The lowest BCUT2D eigenvalue weighted by atomic mass is 10.0. The van der Waals surface area contributed by atoms with Crippen molar-refractivity contribution in [2.75, 3.05) is 13.7 Å². The number of halogens is 3. The van der Waals surface area contributed by atoms with E-state index in [0.29, 0.717) is 23.8 Å². The van der Waals surface area contributed by atoms with Gasteiger partial charge in [0.1, 0.15) is 6.04 Å². The van der Waals surface area contributed by atoms with Crippen molar-refractivity contribution < 1.29 is 22.7 Å². The molecule has 0 fully saturated rings. The van der Waals surface area contributed by atoms with Crippen LogP contribution in [0.1, 0.15) is 29.7 Å². The van der Waals surface area contributed by atoms with Crippen LogP contribution in [0.15, 0.2) is 67.1 Å². The van der Waals surface area contributed by atoms with Gasteiger partial charge in [-0.05, 0) is 36.2 Å². The van der Waals surface area contributed by atoms with Crippen molar-refractivity contribution in [1.29, 1.82) is 5.26 Å². The number of imidazole rings is 1. The zero-order valence-corrected chi connectivity index (χ0v) is 20.0. The molecule has 2 amide bonds. The van der Waals surface area contributed by atoms with Crippen LogP contribution in [0.5, 0.6) is 5.88 Å². The summed E-state index contributed by atoms with van der Waals surface area (Å²) >= 11 is 0. The first-order chi connectivity index (χ1) is 17.7. The first-order valence-electron chi connectivity index (χ1n) is 11.3. The van der Waals surface area contributed by atoms with E-state index in [0.717, 1.165) is 23.3 Å². The van der Waals surface area contributed by atoms with E-state index in [1.165, 1.54) is 24.1 Å². The molecule has 1 N–H and O–H groups in total. The molecule has 11 heteroatoms. The molecule has 0 aliphatic carbocycles. The summed E-state index contributed by atoms with van der Waals surface area (Å²) in [4.78, 5) is 23.2. The van der Waals surface area contributed by atoms with Gasteiger partial charge in [-0.15, -0.1) is 0 Å². The van der Waals surface area contributed by atoms with Gasteiger partial charge in [0.25, 0.3) is 5.88 Å². The first-order valence-corrected chi connectivity index (χ1v) is 11.3. The minimum atomic E-state index is -4.55. The van der Waals surface area contributed by atoms with Crippen LogP contribution in [0, 0.1) is 11.3 Å². The molecule has 8 nitrogen and oxygen atoms in total. The number of fused-ring (bicyclic) bond motifs is 1. The van der Waals surface area contributed by atoms with Gasteiger partial charge in [-0.3, -0.25) is 0 Å². The SMILES string of the molecule is CCN(Cc1cccc(-c2cn3ccnc3c(OC)n2)c1)C(=O)NC(C#N)c1cccc(C(F)(F)F)c1. The Morgan fingerprint density at radius 3 is 2.73 bits per heavy atom. The average Bonchev–Trinajstić information content (AvgIpc) is 3.38. The Bertz CT molecular complexity index is 1460. The van der Waals surface area contributed by atoms with Crippen molar-refractivity contribution in [3.63, 3.8) is 0 Å². The second kappa shape index (κ2) is 10.6. The summed E-state index contributed by atoms with van der Waals surface area (Å²) in [7, 11) is 1.52. The van der Waals surface area contributed by atoms with Gasteiger partial charge < -0.3 is 19.4 Å². The largest absolute Gasteiger partial charge is 0.478 e. The quantitative estimate of drug-likeness (QED) is 0.369. The third-order valence-corrected chi connectivity index (χ3v) is 5.75. The average molecular weight is 509 g/mol. The van der Waals surface area contributed by atoms with E-state index in [1.54, 1.807) is 23.7 Å². The van der Waals surface area contributed by atoms with Crippen LogP contribution >= 0.6 is 0 Å². The van der Waals surface area contributed by atoms with E-state index in [1.807, 2.05) is 36.5 Å². The molecule has 2 aromatic heterocycles. The van der Waals surface area contributed by atoms with Crippen LogP contribution in [-0.2, 0) is 12.7 Å². The lowest BCUT2D eigenvalue weighted by molar-refractivity contribution is -0.137. The van der Waals surface area contributed by atoms with Gasteiger partial charge in [-0.25, -0.2) is 14.8 Å². The molecule has 2 aromatic carbocycles. The highest BCUT2D eigenvalue weighted by Gasteiger charge is 2.31. The molecule has 4 rings (SSSR count). The summed E-state index contributed by atoms with van der Waals surface area (Å²) < 4.78 is 46.4.